The first-order valence-electron chi connectivity index (χ1n) is 6.09. The van der Waals surface area contributed by atoms with Crippen LogP contribution in [0.4, 0.5) is 11.5 Å². The van der Waals surface area contributed by atoms with E-state index in [1.807, 2.05) is 48.1 Å². The summed E-state index contributed by atoms with van der Waals surface area (Å²) >= 11 is 0. The van der Waals surface area contributed by atoms with Crippen molar-refractivity contribution in [1.82, 2.24) is 14.8 Å². The van der Waals surface area contributed by atoms with Crippen LogP contribution in [0.15, 0.2) is 42.6 Å². The largest absolute Gasteiger partial charge is 0.399 e. The van der Waals surface area contributed by atoms with E-state index >= 15 is 0 Å². The van der Waals surface area contributed by atoms with Crippen LogP contribution in [-0.2, 0) is 13.6 Å². The van der Waals surface area contributed by atoms with Crippen molar-refractivity contribution >= 4 is 22.4 Å². The van der Waals surface area contributed by atoms with Crippen LogP contribution in [0.1, 0.15) is 5.69 Å². The molecule has 0 unspecified atom stereocenters. The molecule has 0 atom stereocenters. The van der Waals surface area contributed by atoms with Gasteiger partial charge in [0.25, 0.3) is 0 Å². The van der Waals surface area contributed by atoms with Crippen molar-refractivity contribution in [2.45, 2.75) is 6.54 Å². The van der Waals surface area contributed by atoms with Crippen molar-refractivity contribution in [3.05, 3.63) is 48.3 Å². The monoisotopic (exact) mass is 253 g/mol. The number of pyridine rings is 1. The Kier molecular flexibility index (Phi) is 2.79. The zero-order chi connectivity index (χ0) is 13.2. The molecule has 3 rings (SSSR count). The Bertz CT molecular complexity index is 717. The van der Waals surface area contributed by atoms with Gasteiger partial charge in [-0.25, -0.2) is 4.98 Å². The number of nitrogens with zero attached hydrogens (tertiary/aromatic N) is 3. The van der Waals surface area contributed by atoms with Gasteiger partial charge in [-0.05, 0) is 36.4 Å². The van der Waals surface area contributed by atoms with E-state index in [1.165, 1.54) is 0 Å². The van der Waals surface area contributed by atoms with Crippen molar-refractivity contribution in [2.75, 3.05) is 11.1 Å². The van der Waals surface area contributed by atoms with Gasteiger partial charge in [0.15, 0.2) is 0 Å². The first-order chi connectivity index (χ1) is 9.22. The fraction of sp³-hybridized carbons (Fsp3) is 0.143. The van der Waals surface area contributed by atoms with Crippen LogP contribution in [0.5, 0.6) is 0 Å². The molecule has 1 aromatic carbocycles. The maximum atomic E-state index is 5.75. The minimum atomic E-state index is 0.698. The highest BCUT2D eigenvalue weighted by Gasteiger charge is 2.01. The molecule has 2 aromatic heterocycles. The fourth-order valence-corrected chi connectivity index (χ4v) is 2.00. The molecular weight excluding hydrogens is 238 g/mol. The smallest absolute Gasteiger partial charge is 0.126 e. The van der Waals surface area contributed by atoms with Crippen molar-refractivity contribution in [2.24, 2.45) is 7.05 Å². The molecule has 3 aromatic rings. The summed E-state index contributed by atoms with van der Waals surface area (Å²) in [6, 6.07) is 11.7. The first-order valence-corrected chi connectivity index (χ1v) is 6.09. The van der Waals surface area contributed by atoms with E-state index in [-0.39, 0.29) is 0 Å². The SMILES string of the molecule is Cn1nccc1CNc1ccc2cc(N)ccc2n1. The maximum absolute atomic E-state index is 5.75. The summed E-state index contributed by atoms with van der Waals surface area (Å²) < 4.78 is 1.84. The van der Waals surface area contributed by atoms with Gasteiger partial charge in [0.05, 0.1) is 17.8 Å². The van der Waals surface area contributed by atoms with Gasteiger partial charge in [-0.15, -0.1) is 0 Å². The summed E-state index contributed by atoms with van der Waals surface area (Å²) in [4.78, 5) is 4.55. The minimum Gasteiger partial charge on any atom is -0.399 e. The molecule has 5 heteroatoms. The second-order valence-corrected chi connectivity index (χ2v) is 4.45. The molecule has 0 aliphatic heterocycles. The molecule has 0 bridgehead atoms. The van der Waals surface area contributed by atoms with Gasteiger partial charge in [0.2, 0.25) is 0 Å². The predicted octanol–water partition coefficient (Wildman–Crippen LogP) is 2.16. The topological polar surface area (TPSA) is 68.8 Å². The molecule has 19 heavy (non-hydrogen) atoms. The molecule has 0 spiro atoms. The number of aromatic nitrogens is 3. The predicted molar refractivity (Wildman–Crippen MR) is 76.7 cm³/mol. The van der Waals surface area contributed by atoms with E-state index in [0.29, 0.717) is 6.54 Å². The Morgan fingerprint density at radius 1 is 1.21 bits per heavy atom. The van der Waals surface area contributed by atoms with Gasteiger partial charge in [0, 0.05) is 24.3 Å². The van der Waals surface area contributed by atoms with Crippen molar-refractivity contribution < 1.29 is 0 Å². The zero-order valence-electron chi connectivity index (χ0n) is 10.7. The standard InChI is InChI=1S/C14H15N5/c1-19-12(6-7-17-19)9-16-14-5-2-10-8-11(15)3-4-13(10)18-14/h2-8H,9,15H2,1H3,(H,16,18). The lowest BCUT2D eigenvalue weighted by atomic mass is 10.2. The number of anilines is 2. The number of nitrogens with one attached hydrogen (secondary N) is 1. The van der Waals surface area contributed by atoms with E-state index in [0.717, 1.165) is 28.1 Å². The average Bonchev–Trinajstić information content (AvgIpc) is 2.82. The van der Waals surface area contributed by atoms with Crippen LogP contribution >= 0.6 is 0 Å². The molecule has 0 amide bonds. The van der Waals surface area contributed by atoms with Crippen LogP contribution in [-0.4, -0.2) is 14.8 Å². The van der Waals surface area contributed by atoms with E-state index in [1.54, 1.807) is 6.20 Å². The van der Waals surface area contributed by atoms with Crippen LogP contribution < -0.4 is 11.1 Å². The van der Waals surface area contributed by atoms with Crippen LogP contribution in [0, 0.1) is 0 Å². The van der Waals surface area contributed by atoms with E-state index in [4.69, 9.17) is 5.73 Å². The van der Waals surface area contributed by atoms with Crippen LogP contribution in [0.2, 0.25) is 0 Å². The van der Waals surface area contributed by atoms with Crippen LogP contribution in [0.25, 0.3) is 10.9 Å². The first kappa shape index (κ1) is 11.5. The number of hydrogen-bond acceptors (Lipinski definition) is 4. The number of nitrogen functional groups attached to an aromatic ring is 1. The van der Waals surface area contributed by atoms with Gasteiger partial charge in [-0.3, -0.25) is 4.68 Å². The minimum absolute atomic E-state index is 0.698. The summed E-state index contributed by atoms with van der Waals surface area (Å²) in [5.41, 5.74) is 8.55. The summed E-state index contributed by atoms with van der Waals surface area (Å²) in [6.07, 6.45) is 1.79. The molecule has 0 saturated heterocycles. The summed E-state index contributed by atoms with van der Waals surface area (Å²) in [5, 5.41) is 8.47. The van der Waals surface area contributed by atoms with Gasteiger partial charge < -0.3 is 11.1 Å². The Hall–Kier alpha value is -2.56. The molecule has 0 saturated carbocycles. The normalized spacial score (nSPS) is 10.8. The highest BCUT2D eigenvalue weighted by Crippen LogP contribution is 2.18. The molecule has 0 fully saturated rings. The lowest BCUT2D eigenvalue weighted by Crippen LogP contribution is -2.06. The third-order valence-electron chi connectivity index (χ3n) is 3.09. The third kappa shape index (κ3) is 2.35. The van der Waals surface area contributed by atoms with Gasteiger partial charge in [0.1, 0.15) is 5.82 Å². The average molecular weight is 253 g/mol. The van der Waals surface area contributed by atoms with Gasteiger partial charge >= 0.3 is 0 Å². The highest BCUT2D eigenvalue weighted by molar-refractivity contribution is 5.83. The summed E-state index contributed by atoms with van der Waals surface area (Å²) in [5.74, 6) is 0.846. The lowest BCUT2D eigenvalue weighted by Gasteiger charge is -2.07. The Balaban J connectivity index is 1.82. The zero-order valence-corrected chi connectivity index (χ0v) is 10.7. The van der Waals surface area contributed by atoms with Crippen molar-refractivity contribution in [1.29, 1.82) is 0 Å². The van der Waals surface area contributed by atoms with Gasteiger partial charge in [-0.1, -0.05) is 0 Å². The molecule has 96 valence electrons. The second kappa shape index (κ2) is 4.61. The number of fused-ring (bicyclic) bond motifs is 1. The summed E-state index contributed by atoms with van der Waals surface area (Å²) in [7, 11) is 1.92. The van der Waals surface area contributed by atoms with Crippen LogP contribution in [0.3, 0.4) is 0 Å². The number of hydrogen-bond donors (Lipinski definition) is 2. The summed E-state index contributed by atoms with van der Waals surface area (Å²) in [6.45, 7) is 0.698. The third-order valence-corrected chi connectivity index (χ3v) is 3.09. The molecule has 5 nitrogen and oxygen atoms in total. The van der Waals surface area contributed by atoms with E-state index < -0.39 is 0 Å². The molecule has 2 heterocycles. The Morgan fingerprint density at radius 2 is 2.11 bits per heavy atom. The van der Waals surface area contributed by atoms with E-state index in [2.05, 4.69) is 15.4 Å². The van der Waals surface area contributed by atoms with E-state index in [9.17, 15) is 0 Å². The number of aryl methyl sites for hydroxylation is 1. The quantitative estimate of drug-likeness (QED) is 0.702. The van der Waals surface area contributed by atoms with Crippen molar-refractivity contribution in [3.63, 3.8) is 0 Å². The number of benzene rings is 1. The number of nitrogens with two attached hydrogens (primary N) is 1. The molecular formula is C14H15N5. The molecule has 0 radical (unpaired) electrons. The molecule has 3 N–H and O–H groups in total. The fourth-order valence-electron chi connectivity index (χ4n) is 2.00. The highest BCUT2D eigenvalue weighted by atomic mass is 15.3. The second-order valence-electron chi connectivity index (χ2n) is 4.45. The van der Waals surface area contributed by atoms with Crippen molar-refractivity contribution in [3.8, 4) is 0 Å². The van der Waals surface area contributed by atoms with Gasteiger partial charge in [-0.2, -0.15) is 5.10 Å². The molecule has 0 aliphatic rings. The maximum Gasteiger partial charge on any atom is 0.126 e. The number of rotatable bonds is 3. The molecule has 0 aliphatic carbocycles. The Labute approximate surface area is 111 Å². The Morgan fingerprint density at radius 3 is 2.89 bits per heavy atom. The lowest BCUT2D eigenvalue weighted by molar-refractivity contribution is 0.720.